The summed E-state index contributed by atoms with van der Waals surface area (Å²) in [5.41, 5.74) is -0.0722. The number of carboxylic acids is 1. The molecule has 1 amide bonds. The molecule has 1 saturated carbocycles. The van der Waals surface area contributed by atoms with E-state index in [1.54, 1.807) is 0 Å². The lowest BCUT2D eigenvalue weighted by Gasteiger charge is -2.41. The molecule has 0 aromatic carbocycles. The topological polar surface area (TPSA) is 126 Å². The van der Waals surface area contributed by atoms with Gasteiger partial charge in [-0.15, -0.1) is 14.8 Å². The maximum absolute atomic E-state index is 12.9. The summed E-state index contributed by atoms with van der Waals surface area (Å²) in [4.78, 5) is 26.6. The van der Waals surface area contributed by atoms with E-state index in [0.717, 1.165) is 18.7 Å². The van der Waals surface area contributed by atoms with Gasteiger partial charge in [-0.2, -0.15) is 0 Å². The van der Waals surface area contributed by atoms with Crippen LogP contribution in [0.4, 0.5) is 5.82 Å². The molecule has 4 rings (SSSR count). The number of carboxylic acid groups (broad SMARTS) is 1. The van der Waals surface area contributed by atoms with E-state index >= 15 is 0 Å². The van der Waals surface area contributed by atoms with Gasteiger partial charge in [-0.1, -0.05) is 12.8 Å². The molecule has 1 aliphatic heterocycles. The molecule has 2 N–H and O–H groups in total. The second-order valence-electron chi connectivity index (χ2n) is 8.02. The summed E-state index contributed by atoms with van der Waals surface area (Å²) < 4.78 is 1.39. The van der Waals surface area contributed by atoms with Crippen LogP contribution in [0.3, 0.4) is 0 Å². The van der Waals surface area contributed by atoms with Crippen molar-refractivity contribution in [2.24, 2.45) is 11.8 Å². The van der Waals surface area contributed by atoms with Gasteiger partial charge in [0.05, 0.1) is 11.5 Å². The SMILES string of the molecule is CC1(NC(=O)C2CCN(c3ccc4nnnn4n3)CC2)CCCCC1C(=O)O. The number of hydrogen-bond donors (Lipinski definition) is 2. The van der Waals surface area contributed by atoms with Gasteiger partial charge < -0.3 is 15.3 Å². The van der Waals surface area contributed by atoms with Crippen molar-refractivity contribution in [1.82, 2.24) is 30.6 Å². The van der Waals surface area contributed by atoms with Crippen LogP contribution in [0.15, 0.2) is 12.1 Å². The Morgan fingerprint density at radius 1 is 1.21 bits per heavy atom. The number of nitrogens with zero attached hydrogens (tertiary/aromatic N) is 6. The molecule has 2 aliphatic rings. The first-order valence-electron chi connectivity index (χ1n) is 9.81. The average molecular weight is 387 g/mol. The fraction of sp³-hybridized carbons (Fsp3) is 0.667. The summed E-state index contributed by atoms with van der Waals surface area (Å²) in [7, 11) is 0. The van der Waals surface area contributed by atoms with Gasteiger partial charge in [0.2, 0.25) is 5.91 Å². The maximum atomic E-state index is 12.9. The van der Waals surface area contributed by atoms with Crippen LogP contribution in [0.5, 0.6) is 0 Å². The Morgan fingerprint density at radius 3 is 2.75 bits per heavy atom. The standard InChI is InChI=1S/C18H25N7O3/c1-18(9-3-2-4-13(18)17(27)28)19-16(26)12-7-10-24(11-8-12)15-6-5-14-20-22-23-25(14)21-15/h5-6,12-13H,2-4,7-11H2,1H3,(H,19,26)(H,27,28). The van der Waals surface area contributed by atoms with Crippen molar-refractivity contribution in [1.29, 1.82) is 0 Å². The average Bonchev–Trinajstić information content (AvgIpc) is 3.15. The molecule has 2 fully saturated rings. The summed E-state index contributed by atoms with van der Waals surface area (Å²) in [6.07, 6.45) is 4.59. The fourth-order valence-corrected chi connectivity index (χ4v) is 4.44. The fourth-order valence-electron chi connectivity index (χ4n) is 4.44. The summed E-state index contributed by atoms with van der Waals surface area (Å²) in [6.45, 7) is 3.29. The smallest absolute Gasteiger partial charge is 0.308 e. The zero-order valence-corrected chi connectivity index (χ0v) is 15.9. The van der Waals surface area contributed by atoms with Gasteiger partial charge in [-0.25, -0.2) is 0 Å². The van der Waals surface area contributed by atoms with E-state index in [1.165, 1.54) is 4.63 Å². The Kier molecular flexibility index (Phi) is 4.86. The molecule has 2 unspecified atom stereocenters. The third kappa shape index (κ3) is 3.50. The lowest BCUT2D eigenvalue weighted by atomic mass is 9.73. The van der Waals surface area contributed by atoms with Gasteiger partial charge in [0.25, 0.3) is 0 Å². The number of aromatic nitrogens is 5. The van der Waals surface area contributed by atoms with Crippen molar-refractivity contribution in [3.8, 4) is 0 Å². The number of carbonyl (C=O) groups is 2. The summed E-state index contributed by atoms with van der Waals surface area (Å²) in [5.74, 6) is -0.692. The first-order chi connectivity index (χ1) is 13.5. The Bertz CT molecular complexity index is 877. The van der Waals surface area contributed by atoms with Crippen molar-refractivity contribution in [3.63, 3.8) is 0 Å². The molecule has 28 heavy (non-hydrogen) atoms. The Hall–Kier alpha value is -2.78. The lowest BCUT2D eigenvalue weighted by molar-refractivity contribution is -0.147. The Labute approximate surface area is 162 Å². The van der Waals surface area contributed by atoms with Crippen LogP contribution in [0.2, 0.25) is 0 Å². The third-order valence-corrected chi connectivity index (χ3v) is 6.16. The quantitative estimate of drug-likeness (QED) is 0.792. The highest BCUT2D eigenvalue weighted by Crippen LogP contribution is 2.34. The Balaban J connectivity index is 1.37. The normalized spacial score (nSPS) is 26.3. The molecule has 10 heteroatoms. The third-order valence-electron chi connectivity index (χ3n) is 6.16. The molecule has 0 spiro atoms. The van der Waals surface area contributed by atoms with Gasteiger partial charge in [0.1, 0.15) is 0 Å². The van der Waals surface area contributed by atoms with Crippen LogP contribution in [0.25, 0.3) is 5.65 Å². The predicted octanol–water partition coefficient (Wildman–Crippen LogP) is 0.885. The summed E-state index contributed by atoms with van der Waals surface area (Å²) in [5, 5.41) is 28.3. The van der Waals surface area contributed by atoms with E-state index in [4.69, 9.17) is 0 Å². The van der Waals surface area contributed by atoms with Crippen molar-refractivity contribution >= 4 is 23.3 Å². The van der Waals surface area contributed by atoms with E-state index in [-0.39, 0.29) is 11.8 Å². The molecule has 2 atom stereocenters. The number of nitrogens with one attached hydrogen (secondary N) is 1. The highest BCUT2D eigenvalue weighted by Gasteiger charge is 2.43. The van der Waals surface area contributed by atoms with Gasteiger partial charge in [-0.3, -0.25) is 9.59 Å². The Morgan fingerprint density at radius 2 is 2.00 bits per heavy atom. The molecule has 150 valence electrons. The first kappa shape index (κ1) is 18.6. The van der Waals surface area contributed by atoms with Crippen LogP contribution in [-0.4, -0.2) is 60.9 Å². The predicted molar refractivity (Wildman–Crippen MR) is 99.7 cm³/mol. The summed E-state index contributed by atoms with van der Waals surface area (Å²) >= 11 is 0. The van der Waals surface area contributed by atoms with Crippen LogP contribution in [0.1, 0.15) is 45.4 Å². The largest absolute Gasteiger partial charge is 0.481 e. The maximum Gasteiger partial charge on any atom is 0.308 e. The molecule has 1 aliphatic carbocycles. The number of hydrogen-bond acceptors (Lipinski definition) is 7. The van der Waals surface area contributed by atoms with E-state index in [2.05, 4.69) is 30.8 Å². The first-order valence-corrected chi connectivity index (χ1v) is 9.81. The second kappa shape index (κ2) is 7.33. The summed E-state index contributed by atoms with van der Waals surface area (Å²) in [6, 6.07) is 3.70. The minimum atomic E-state index is -0.818. The molecule has 1 saturated heterocycles. The number of anilines is 1. The molecule has 0 radical (unpaired) electrons. The van der Waals surface area contributed by atoms with Crippen LogP contribution in [-0.2, 0) is 9.59 Å². The number of tetrazole rings is 1. The minimum Gasteiger partial charge on any atom is -0.481 e. The van der Waals surface area contributed by atoms with Gasteiger partial charge in [0, 0.05) is 19.0 Å². The lowest BCUT2D eigenvalue weighted by Crippen LogP contribution is -2.57. The number of amides is 1. The molecular weight excluding hydrogens is 362 g/mol. The molecule has 10 nitrogen and oxygen atoms in total. The van der Waals surface area contributed by atoms with Crippen molar-refractivity contribution in [2.75, 3.05) is 18.0 Å². The van der Waals surface area contributed by atoms with Crippen molar-refractivity contribution < 1.29 is 14.7 Å². The highest BCUT2D eigenvalue weighted by molar-refractivity contribution is 5.81. The van der Waals surface area contributed by atoms with E-state index in [9.17, 15) is 14.7 Å². The monoisotopic (exact) mass is 387 g/mol. The van der Waals surface area contributed by atoms with Gasteiger partial charge >= 0.3 is 5.97 Å². The van der Waals surface area contributed by atoms with Crippen LogP contribution in [0, 0.1) is 11.8 Å². The second-order valence-corrected chi connectivity index (χ2v) is 8.02. The number of rotatable bonds is 4. The minimum absolute atomic E-state index is 0.0285. The molecule has 2 aromatic heterocycles. The number of piperidine rings is 1. The zero-order valence-electron chi connectivity index (χ0n) is 15.9. The van der Waals surface area contributed by atoms with Crippen molar-refractivity contribution in [2.45, 2.75) is 51.0 Å². The number of fused-ring (bicyclic) bond motifs is 1. The molecule has 2 aromatic rings. The molecule has 3 heterocycles. The van der Waals surface area contributed by atoms with E-state index < -0.39 is 17.4 Å². The molecular formula is C18H25N7O3. The van der Waals surface area contributed by atoms with E-state index in [1.807, 2.05) is 19.1 Å². The zero-order chi connectivity index (χ0) is 19.7. The van der Waals surface area contributed by atoms with Crippen molar-refractivity contribution in [3.05, 3.63) is 12.1 Å². The van der Waals surface area contributed by atoms with Crippen LogP contribution < -0.4 is 10.2 Å². The van der Waals surface area contributed by atoms with Gasteiger partial charge in [-0.05, 0) is 55.2 Å². The van der Waals surface area contributed by atoms with Crippen LogP contribution >= 0.6 is 0 Å². The number of carbonyl (C=O) groups excluding carboxylic acids is 1. The van der Waals surface area contributed by atoms with Gasteiger partial charge in [0.15, 0.2) is 11.5 Å². The number of aliphatic carboxylic acids is 1. The highest BCUT2D eigenvalue weighted by atomic mass is 16.4. The van der Waals surface area contributed by atoms with E-state index in [0.29, 0.717) is 44.4 Å². The molecule has 0 bridgehead atoms.